The van der Waals surface area contributed by atoms with E-state index in [4.69, 9.17) is 4.74 Å². The maximum absolute atomic E-state index is 5.46. The van der Waals surface area contributed by atoms with Crippen LogP contribution >= 0.6 is 15.9 Å². The fourth-order valence-electron chi connectivity index (χ4n) is 2.14. The smallest absolute Gasteiger partial charge is 0.224 e. The Morgan fingerprint density at radius 3 is 3.00 bits per heavy atom. The summed E-state index contributed by atoms with van der Waals surface area (Å²) in [4.78, 5) is 8.52. The Kier molecular flexibility index (Phi) is 4.17. The van der Waals surface area contributed by atoms with Gasteiger partial charge in [-0.3, -0.25) is 0 Å². The average molecular weight is 301 g/mol. The highest BCUT2D eigenvalue weighted by Gasteiger charge is 2.27. The van der Waals surface area contributed by atoms with Crippen LogP contribution in [0.15, 0.2) is 10.7 Å². The van der Waals surface area contributed by atoms with Crippen molar-refractivity contribution < 1.29 is 4.74 Å². The van der Waals surface area contributed by atoms with Gasteiger partial charge in [0.2, 0.25) is 5.95 Å². The highest BCUT2D eigenvalue weighted by molar-refractivity contribution is 9.10. The Morgan fingerprint density at radius 1 is 1.47 bits per heavy atom. The zero-order valence-electron chi connectivity index (χ0n) is 10.0. The number of hydrogen-bond acceptors (Lipinski definition) is 5. The third-order valence-electron chi connectivity index (χ3n) is 3.05. The van der Waals surface area contributed by atoms with Crippen molar-refractivity contribution in [2.24, 2.45) is 0 Å². The zero-order valence-corrected chi connectivity index (χ0v) is 11.6. The summed E-state index contributed by atoms with van der Waals surface area (Å²) in [5, 5.41) is 6.35. The molecule has 0 amide bonds. The van der Waals surface area contributed by atoms with Crippen LogP contribution in [0.25, 0.3) is 0 Å². The van der Waals surface area contributed by atoms with E-state index in [0.29, 0.717) is 12.0 Å². The van der Waals surface area contributed by atoms with Gasteiger partial charge in [-0.2, -0.15) is 4.98 Å². The summed E-state index contributed by atoms with van der Waals surface area (Å²) >= 11 is 3.45. The SMILES string of the molecule is CNc1ncc(Br)c(NC2CCCC2OC)n1. The molecular weight excluding hydrogens is 284 g/mol. The van der Waals surface area contributed by atoms with Crippen molar-refractivity contribution in [3.05, 3.63) is 10.7 Å². The molecule has 1 fully saturated rings. The van der Waals surface area contributed by atoms with Gasteiger partial charge in [-0.15, -0.1) is 0 Å². The van der Waals surface area contributed by atoms with Crippen LogP contribution in [-0.2, 0) is 4.74 Å². The van der Waals surface area contributed by atoms with Gasteiger partial charge in [-0.1, -0.05) is 0 Å². The molecule has 5 nitrogen and oxygen atoms in total. The lowest BCUT2D eigenvalue weighted by Crippen LogP contribution is -2.30. The molecule has 1 saturated carbocycles. The van der Waals surface area contributed by atoms with Crippen LogP contribution in [0.3, 0.4) is 0 Å². The largest absolute Gasteiger partial charge is 0.379 e. The van der Waals surface area contributed by atoms with Gasteiger partial charge < -0.3 is 15.4 Å². The van der Waals surface area contributed by atoms with Crippen molar-refractivity contribution in [1.29, 1.82) is 0 Å². The van der Waals surface area contributed by atoms with Crippen LogP contribution in [-0.4, -0.2) is 36.3 Å². The molecule has 0 aliphatic heterocycles. The van der Waals surface area contributed by atoms with E-state index in [9.17, 15) is 0 Å². The van der Waals surface area contributed by atoms with Crippen LogP contribution in [0.5, 0.6) is 0 Å². The zero-order chi connectivity index (χ0) is 12.3. The molecule has 0 spiro atoms. The number of ether oxygens (including phenoxy) is 1. The van der Waals surface area contributed by atoms with Crippen LogP contribution in [0.4, 0.5) is 11.8 Å². The van der Waals surface area contributed by atoms with Gasteiger partial charge >= 0.3 is 0 Å². The number of methoxy groups -OCH3 is 1. The van der Waals surface area contributed by atoms with E-state index < -0.39 is 0 Å². The number of rotatable bonds is 4. The summed E-state index contributed by atoms with van der Waals surface area (Å²) in [6.07, 6.45) is 5.44. The second kappa shape index (κ2) is 5.64. The van der Waals surface area contributed by atoms with Crippen LogP contribution in [0, 0.1) is 0 Å². The molecule has 0 radical (unpaired) electrons. The molecule has 2 rings (SSSR count). The Hall–Kier alpha value is -0.880. The first-order valence-corrected chi connectivity index (χ1v) is 6.53. The highest BCUT2D eigenvalue weighted by Crippen LogP contribution is 2.27. The third kappa shape index (κ3) is 2.87. The van der Waals surface area contributed by atoms with Crippen molar-refractivity contribution in [3.63, 3.8) is 0 Å². The molecule has 0 aromatic carbocycles. The van der Waals surface area contributed by atoms with E-state index in [0.717, 1.165) is 23.1 Å². The predicted molar refractivity (Wildman–Crippen MR) is 71.3 cm³/mol. The summed E-state index contributed by atoms with van der Waals surface area (Å²) < 4.78 is 6.33. The molecular formula is C11H17BrN4O. The Balaban J connectivity index is 2.12. The predicted octanol–water partition coefficient (Wildman–Crippen LogP) is 2.26. The van der Waals surface area contributed by atoms with Crippen molar-refractivity contribution in [2.75, 3.05) is 24.8 Å². The first-order valence-electron chi connectivity index (χ1n) is 5.74. The van der Waals surface area contributed by atoms with Gasteiger partial charge in [0.15, 0.2) is 0 Å². The lowest BCUT2D eigenvalue weighted by molar-refractivity contribution is 0.101. The normalized spacial score (nSPS) is 23.7. The molecule has 2 N–H and O–H groups in total. The van der Waals surface area contributed by atoms with Crippen molar-refractivity contribution in [3.8, 4) is 0 Å². The molecule has 17 heavy (non-hydrogen) atoms. The summed E-state index contributed by atoms with van der Waals surface area (Å²) in [6, 6.07) is 0.330. The van der Waals surface area contributed by atoms with Gasteiger partial charge in [0.25, 0.3) is 0 Å². The van der Waals surface area contributed by atoms with Crippen LogP contribution in [0.1, 0.15) is 19.3 Å². The third-order valence-corrected chi connectivity index (χ3v) is 3.63. The van der Waals surface area contributed by atoms with Crippen molar-refractivity contribution in [1.82, 2.24) is 9.97 Å². The molecule has 1 aliphatic carbocycles. The molecule has 1 aromatic rings. The summed E-state index contributed by atoms with van der Waals surface area (Å²) in [7, 11) is 3.57. The molecule has 1 aromatic heterocycles. The summed E-state index contributed by atoms with van der Waals surface area (Å²) in [5.41, 5.74) is 0. The van der Waals surface area contributed by atoms with Crippen molar-refractivity contribution >= 4 is 27.7 Å². The van der Waals surface area contributed by atoms with E-state index in [2.05, 4.69) is 36.5 Å². The first kappa shape index (κ1) is 12.6. The summed E-state index contributed by atoms with van der Waals surface area (Å²) in [5.74, 6) is 1.43. The van der Waals surface area contributed by atoms with E-state index in [-0.39, 0.29) is 6.10 Å². The Labute approximate surface area is 110 Å². The molecule has 2 atom stereocenters. The molecule has 0 saturated heterocycles. The maximum atomic E-state index is 5.46. The van der Waals surface area contributed by atoms with E-state index in [1.807, 2.05) is 0 Å². The molecule has 1 aliphatic rings. The van der Waals surface area contributed by atoms with Crippen LogP contribution < -0.4 is 10.6 Å². The van der Waals surface area contributed by atoms with E-state index >= 15 is 0 Å². The number of nitrogens with one attached hydrogen (secondary N) is 2. The molecule has 6 heteroatoms. The molecule has 0 bridgehead atoms. The summed E-state index contributed by atoms with van der Waals surface area (Å²) in [6.45, 7) is 0. The number of halogens is 1. The van der Waals surface area contributed by atoms with Gasteiger partial charge in [0.1, 0.15) is 5.82 Å². The first-order chi connectivity index (χ1) is 8.24. The van der Waals surface area contributed by atoms with E-state index in [1.165, 1.54) is 6.42 Å². The highest BCUT2D eigenvalue weighted by atomic mass is 79.9. The fraction of sp³-hybridized carbons (Fsp3) is 0.636. The average Bonchev–Trinajstić information content (AvgIpc) is 2.79. The van der Waals surface area contributed by atoms with Gasteiger partial charge in [0.05, 0.1) is 16.6 Å². The van der Waals surface area contributed by atoms with Gasteiger partial charge in [0, 0.05) is 20.4 Å². The quantitative estimate of drug-likeness (QED) is 0.893. The monoisotopic (exact) mass is 300 g/mol. The minimum Gasteiger partial charge on any atom is -0.379 e. The Morgan fingerprint density at radius 2 is 2.29 bits per heavy atom. The number of hydrogen-bond donors (Lipinski definition) is 2. The maximum Gasteiger partial charge on any atom is 0.224 e. The topological polar surface area (TPSA) is 59.1 Å². The van der Waals surface area contributed by atoms with Gasteiger partial charge in [-0.25, -0.2) is 4.98 Å². The van der Waals surface area contributed by atoms with Crippen LogP contribution in [0.2, 0.25) is 0 Å². The van der Waals surface area contributed by atoms with Gasteiger partial charge in [-0.05, 0) is 35.2 Å². The lowest BCUT2D eigenvalue weighted by Gasteiger charge is -2.20. The fourth-order valence-corrected chi connectivity index (χ4v) is 2.44. The second-order valence-electron chi connectivity index (χ2n) is 4.10. The Bertz CT molecular complexity index is 388. The van der Waals surface area contributed by atoms with Crippen molar-refractivity contribution in [2.45, 2.75) is 31.4 Å². The number of aromatic nitrogens is 2. The molecule has 94 valence electrons. The standard InChI is InChI=1S/C11H17BrN4O/c1-13-11-14-6-7(12)10(16-11)15-8-4-3-5-9(8)17-2/h6,8-9H,3-5H2,1-2H3,(H2,13,14,15,16). The number of anilines is 2. The second-order valence-corrected chi connectivity index (χ2v) is 4.95. The number of nitrogens with zero attached hydrogens (tertiary/aromatic N) is 2. The molecule has 1 heterocycles. The minimum absolute atomic E-state index is 0.273. The van der Waals surface area contributed by atoms with E-state index in [1.54, 1.807) is 20.4 Å². The molecule has 2 unspecified atom stereocenters. The lowest BCUT2D eigenvalue weighted by atomic mass is 10.2. The minimum atomic E-state index is 0.273.